The van der Waals surface area contributed by atoms with Gasteiger partial charge in [-0.05, 0) is 18.2 Å². The lowest BCUT2D eigenvalue weighted by atomic mass is 10.3. The zero-order valence-corrected chi connectivity index (χ0v) is 13.3. The van der Waals surface area contributed by atoms with Gasteiger partial charge in [0.2, 0.25) is 0 Å². The predicted octanol–water partition coefficient (Wildman–Crippen LogP) is 0.108. The molecule has 8 nitrogen and oxygen atoms in total. The van der Waals surface area contributed by atoms with Crippen LogP contribution in [0.15, 0.2) is 47.7 Å². The lowest BCUT2D eigenvalue weighted by molar-refractivity contribution is 0.242. The van der Waals surface area contributed by atoms with Gasteiger partial charge in [0.25, 0.3) is 5.56 Å². The second kappa shape index (κ2) is 6.40. The number of rotatable bonds is 4. The van der Waals surface area contributed by atoms with Crippen LogP contribution in [0.1, 0.15) is 0 Å². The molecule has 3 aromatic heterocycles. The molecule has 1 fully saturated rings. The van der Waals surface area contributed by atoms with E-state index in [4.69, 9.17) is 0 Å². The van der Waals surface area contributed by atoms with Gasteiger partial charge in [-0.3, -0.25) is 9.69 Å². The average Bonchev–Trinajstić information content (AvgIpc) is 3.09. The van der Waals surface area contributed by atoms with Crippen molar-refractivity contribution >= 4 is 11.5 Å². The van der Waals surface area contributed by atoms with E-state index in [0.717, 1.165) is 44.2 Å². The van der Waals surface area contributed by atoms with Crippen LogP contribution in [-0.2, 0) is 6.54 Å². The van der Waals surface area contributed by atoms with Gasteiger partial charge in [0.1, 0.15) is 5.82 Å². The molecule has 1 saturated heterocycles. The van der Waals surface area contributed by atoms with Gasteiger partial charge < -0.3 is 4.90 Å². The Morgan fingerprint density at radius 1 is 1.00 bits per heavy atom. The largest absolute Gasteiger partial charge is 0.353 e. The van der Waals surface area contributed by atoms with Crippen LogP contribution < -0.4 is 10.5 Å². The van der Waals surface area contributed by atoms with Crippen LogP contribution in [0.25, 0.3) is 5.65 Å². The summed E-state index contributed by atoms with van der Waals surface area (Å²) in [4.78, 5) is 20.5. The molecule has 0 N–H and O–H groups in total. The van der Waals surface area contributed by atoms with E-state index in [-0.39, 0.29) is 5.56 Å². The third kappa shape index (κ3) is 3.00. The highest BCUT2D eigenvalue weighted by molar-refractivity contribution is 5.46. The Balaban J connectivity index is 1.34. The molecule has 0 unspecified atom stereocenters. The maximum Gasteiger partial charge on any atom is 0.266 e. The normalized spacial score (nSPS) is 15.9. The Kier molecular flexibility index (Phi) is 3.96. The van der Waals surface area contributed by atoms with Crippen molar-refractivity contribution in [3.63, 3.8) is 0 Å². The Labute approximate surface area is 138 Å². The smallest absolute Gasteiger partial charge is 0.266 e. The van der Waals surface area contributed by atoms with Crippen LogP contribution in [0.4, 0.5) is 5.82 Å². The van der Waals surface area contributed by atoms with Crippen molar-refractivity contribution in [1.82, 2.24) is 29.3 Å². The van der Waals surface area contributed by atoms with Gasteiger partial charge in [-0.1, -0.05) is 0 Å². The van der Waals surface area contributed by atoms with Crippen molar-refractivity contribution in [2.45, 2.75) is 6.54 Å². The summed E-state index contributed by atoms with van der Waals surface area (Å²) in [5.74, 6) is 0.973. The van der Waals surface area contributed by atoms with E-state index in [0.29, 0.717) is 6.54 Å². The van der Waals surface area contributed by atoms with Crippen molar-refractivity contribution in [2.24, 2.45) is 0 Å². The first kappa shape index (κ1) is 14.8. The summed E-state index contributed by atoms with van der Waals surface area (Å²) in [5.41, 5.74) is 0.812. The van der Waals surface area contributed by atoms with Gasteiger partial charge in [0, 0.05) is 57.4 Å². The topological polar surface area (TPSA) is 71.6 Å². The summed E-state index contributed by atoms with van der Waals surface area (Å²) < 4.78 is 3.32. The number of hydrogen-bond donors (Lipinski definition) is 0. The van der Waals surface area contributed by atoms with Crippen molar-refractivity contribution in [1.29, 1.82) is 0 Å². The van der Waals surface area contributed by atoms with Gasteiger partial charge in [0.05, 0.1) is 6.54 Å². The molecule has 0 spiro atoms. The zero-order chi connectivity index (χ0) is 16.4. The lowest BCUT2D eigenvalue weighted by Crippen LogP contribution is -2.48. The maximum absolute atomic E-state index is 11.7. The van der Waals surface area contributed by atoms with Crippen LogP contribution in [0.5, 0.6) is 0 Å². The number of imidazole rings is 1. The second-order valence-corrected chi connectivity index (χ2v) is 5.84. The molecule has 4 rings (SSSR count). The number of hydrogen-bond acceptors (Lipinski definition) is 6. The number of aromatic nitrogens is 5. The SMILES string of the molecule is O=c1cccnn1CCN1CCN(c2ccc3nccn3n2)CC1. The molecule has 8 heteroatoms. The summed E-state index contributed by atoms with van der Waals surface area (Å²) >= 11 is 0. The van der Waals surface area contributed by atoms with Crippen LogP contribution in [0.3, 0.4) is 0 Å². The van der Waals surface area contributed by atoms with Crippen LogP contribution in [0.2, 0.25) is 0 Å². The van der Waals surface area contributed by atoms with E-state index in [1.54, 1.807) is 29.0 Å². The monoisotopic (exact) mass is 325 g/mol. The molecule has 24 heavy (non-hydrogen) atoms. The third-order valence-corrected chi connectivity index (χ3v) is 4.35. The van der Waals surface area contributed by atoms with Crippen LogP contribution in [-0.4, -0.2) is 62.0 Å². The van der Waals surface area contributed by atoms with Gasteiger partial charge in [-0.15, -0.1) is 5.10 Å². The van der Waals surface area contributed by atoms with E-state index < -0.39 is 0 Å². The highest BCUT2D eigenvalue weighted by Crippen LogP contribution is 2.14. The van der Waals surface area contributed by atoms with Gasteiger partial charge in [0.15, 0.2) is 5.65 Å². The van der Waals surface area contributed by atoms with Crippen molar-refractivity contribution < 1.29 is 0 Å². The molecular weight excluding hydrogens is 306 g/mol. The van der Waals surface area contributed by atoms with Crippen LogP contribution >= 0.6 is 0 Å². The minimum Gasteiger partial charge on any atom is -0.353 e. The second-order valence-electron chi connectivity index (χ2n) is 5.84. The standard InChI is InChI=1S/C16H19N7O/c24-16-2-1-5-18-23(16)13-10-20-8-11-21(12-9-20)15-4-3-14-17-6-7-22(14)19-15/h1-7H,8-13H2. The first-order chi connectivity index (χ1) is 11.8. The van der Waals surface area contributed by atoms with Gasteiger partial charge in [-0.2, -0.15) is 5.10 Å². The summed E-state index contributed by atoms with van der Waals surface area (Å²) in [7, 11) is 0. The Bertz CT molecular complexity index is 879. The molecule has 0 aromatic carbocycles. The molecule has 0 bridgehead atoms. The van der Waals surface area contributed by atoms with Crippen LogP contribution in [0, 0.1) is 0 Å². The van der Waals surface area contributed by atoms with E-state index in [1.165, 1.54) is 4.68 Å². The minimum atomic E-state index is -0.0472. The van der Waals surface area contributed by atoms with E-state index in [1.807, 2.05) is 18.3 Å². The molecule has 0 atom stereocenters. The molecule has 0 saturated carbocycles. The molecule has 3 aromatic rings. The fraction of sp³-hybridized carbons (Fsp3) is 0.375. The zero-order valence-electron chi connectivity index (χ0n) is 13.3. The molecule has 4 heterocycles. The summed E-state index contributed by atoms with van der Waals surface area (Å²) in [6.07, 6.45) is 5.26. The molecular formula is C16H19N7O. The third-order valence-electron chi connectivity index (χ3n) is 4.35. The van der Waals surface area contributed by atoms with Gasteiger partial charge >= 0.3 is 0 Å². The molecule has 0 amide bonds. The first-order valence-corrected chi connectivity index (χ1v) is 8.09. The summed E-state index contributed by atoms with van der Waals surface area (Å²) in [6, 6.07) is 7.22. The quantitative estimate of drug-likeness (QED) is 0.678. The minimum absolute atomic E-state index is 0.0472. The summed E-state index contributed by atoms with van der Waals surface area (Å²) in [6.45, 7) is 5.20. The molecule has 0 radical (unpaired) electrons. The number of piperazine rings is 1. The Morgan fingerprint density at radius 2 is 1.88 bits per heavy atom. The number of nitrogens with zero attached hydrogens (tertiary/aromatic N) is 7. The number of fused-ring (bicyclic) bond motifs is 1. The Hall–Kier alpha value is -2.74. The maximum atomic E-state index is 11.7. The molecule has 0 aliphatic carbocycles. The fourth-order valence-corrected chi connectivity index (χ4v) is 2.97. The molecule has 1 aliphatic rings. The molecule has 124 valence electrons. The Morgan fingerprint density at radius 3 is 2.71 bits per heavy atom. The van der Waals surface area contributed by atoms with Crippen molar-refractivity contribution in [2.75, 3.05) is 37.6 Å². The van der Waals surface area contributed by atoms with E-state index in [2.05, 4.69) is 25.0 Å². The highest BCUT2D eigenvalue weighted by atomic mass is 16.1. The fourth-order valence-electron chi connectivity index (χ4n) is 2.97. The van der Waals surface area contributed by atoms with Gasteiger partial charge in [-0.25, -0.2) is 14.2 Å². The lowest BCUT2D eigenvalue weighted by Gasteiger charge is -2.35. The number of anilines is 1. The van der Waals surface area contributed by atoms with E-state index >= 15 is 0 Å². The van der Waals surface area contributed by atoms with Crippen molar-refractivity contribution in [3.8, 4) is 0 Å². The molecule has 1 aliphatic heterocycles. The van der Waals surface area contributed by atoms with Crippen molar-refractivity contribution in [3.05, 3.63) is 53.2 Å². The first-order valence-electron chi connectivity index (χ1n) is 8.09. The predicted molar refractivity (Wildman–Crippen MR) is 90.1 cm³/mol. The van der Waals surface area contributed by atoms with E-state index in [9.17, 15) is 4.79 Å². The average molecular weight is 325 g/mol. The highest BCUT2D eigenvalue weighted by Gasteiger charge is 2.18. The summed E-state index contributed by atoms with van der Waals surface area (Å²) in [5, 5.41) is 8.69.